The van der Waals surface area contributed by atoms with Crippen LogP contribution in [0.2, 0.25) is 0 Å². The Morgan fingerprint density at radius 3 is 1.34 bits per heavy atom. The first-order valence-corrected chi connectivity index (χ1v) is 8.40. The number of esters is 1. The van der Waals surface area contributed by atoms with Crippen LogP contribution in [-0.4, -0.2) is 12.6 Å². The highest BCUT2D eigenvalue weighted by Crippen LogP contribution is 1.93. The lowest BCUT2D eigenvalue weighted by Gasteiger charge is -1.97. The Labute approximate surface area is 173 Å². The van der Waals surface area contributed by atoms with Gasteiger partial charge in [0.2, 0.25) is 0 Å². The smallest absolute Gasteiger partial charge is 0.385 e. The Balaban J connectivity index is 4.31. The van der Waals surface area contributed by atoms with Gasteiger partial charge in [-0.05, 0) is 108 Å². The molecular weight excluding hydrogens is 356 g/mol. The number of rotatable bonds is 4. The fourth-order valence-corrected chi connectivity index (χ4v) is 1.20. The highest BCUT2D eigenvalue weighted by molar-refractivity contribution is 5.89. The van der Waals surface area contributed by atoms with E-state index in [4.69, 9.17) is 4.74 Å². The lowest BCUT2D eigenvalue weighted by molar-refractivity contribution is -0.136. The monoisotopic (exact) mass is 370 g/mol. The lowest BCUT2D eigenvalue weighted by atomic mass is 10.3. The van der Waals surface area contributed by atoms with E-state index in [1.165, 1.54) is 0 Å². The molecule has 0 saturated heterocycles. The lowest BCUT2D eigenvalue weighted by Crippen LogP contribution is -2.02. The molecule has 29 heavy (non-hydrogen) atoms. The molecule has 0 aromatic carbocycles. The van der Waals surface area contributed by atoms with Gasteiger partial charge < -0.3 is 4.74 Å². The van der Waals surface area contributed by atoms with Gasteiger partial charge in [-0.2, -0.15) is 0 Å². The van der Waals surface area contributed by atoms with Crippen molar-refractivity contribution in [1.29, 1.82) is 0 Å². The molecule has 2 nitrogen and oxygen atoms in total. The van der Waals surface area contributed by atoms with Crippen LogP contribution in [0.5, 0.6) is 0 Å². The average molecular weight is 370 g/mol. The summed E-state index contributed by atoms with van der Waals surface area (Å²) < 4.78 is 4.89. The Kier molecular flexibility index (Phi) is 17.5. The average Bonchev–Trinajstić information content (AvgIpc) is 2.73. The van der Waals surface area contributed by atoms with Crippen molar-refractivity contribution in [2.75, 3.05) is 6.61 Å². The van der Waals surface area contributed by atoms with Crippen molar-refractivity contribution < 1.29 is 9.53 Å². The SMILES string of the molecule is CC#CC#CC#CC#CC#CC#CC#CC#CC#CC#CC(=O)OCCCCC. The second-order valence-electron chi connectivity index (χ2n) is 4.47. The van der Waals surface area contributed by atoms with E-state index in [2.05, 4.69) is 125 Å². The van der Waals surface area contributed by atoms with Gasteiger partial charge in [-0.3, -0.25) is 0 Å². The summed E-state index contributed by atoms with van der Waals surface area (Å²) >= 11 is 0. The first-order chi connectivity index (χ1) is 14.3. The Morgan fingerprint density at radius 2 is 0.966 bits per heavy atom. The molecule has 0 aliphatic carbocycles. The molecule has 0 fully saturated rings. The summed E-state index contributed by atoms with van der Waals surface area (Å²) in [6.45, 7) is 4.14. The van der Waals surface area contributed by atoms with Gasteiger partial charge in [0.1, 0.15) is 0 Å². The molecule has 0 aromatic rings. The molecule has 0 aromatic heterocycles. The Hall–Kier alpha value is -4.93. The van der Waals surface area contributed by atoms with Crippen molar-refractivity contribution in [1.82, 2.24) is 0 Å². The molecule has 0 heterocycles. The van der Waals surface area contributed by atoms with Gasteiger partial charge >= 0.3 is 5.97 Å². The summed E-state index contributed by atoms with van der Waals surface area (Å²) in [5.74, 6) is 49.0. The predicted molar refractivity (Wildman–Crippen MR) is 114 cm³/mol. The van der Waals surface area contributed by atoms with Crippen molar-refractivity contribution in [2.24, 2.45) is 0 Å². The van der Waals surface area contributed by atoms with Crippen LogP contribution in [0, 0.1) is 118 Å². The summed E-state index contributed by atoms with van der Waals surface area (Å²) in [4.78, 5) is 11.2. The van der Waals surface area contributed by atoms with Gasteiger partial charge in [-0.1, -0.05) is 25.7 Å². The van der Waals surface area contributed by atoms with Crippen LogP contribution in [-0.2, 0) is 9.53 Å². The standard InChI is InChI=1S/C27H14O2/c1-3-5-7-8-9-10-11-12-13-14-15-16-17-18-19-20-21-22-23-25-27(28)29-26-24-6-4-2/h4,6,24,26H2,1-2H3. The van der Waals surface area contributed by atoms with Gasteiger partial charge in [0.15, 0.2) is 0 Å². The number of hydrogen-bond donors (Lipinski definition) is 0. The van der Waals surface area contributed by atoms with Gasteiger partial charge in [-0.15, -0.1) is 0 Å². The highest BCUT2D eigenvalue weighted by Gasteiger charge is 1.94. The van der Waals surface area contributed by atoms with Gasteiger partial charge in [0, 0.05) is 17.8 Å². The molecule has 0 rings (SSSR count). The van der Waals surface area contributed by atoms with E-state index < -0.39 is 5.97 Å². The summed E-state index contributed by atoms with van der Waals surface area (Å²) in [5, 5.41) is 0. The zero-order chi connectivity index (χ0) is 21.3. The normalized spacial score (nSPS) is 5.59. The van der Waals surface area contributed by atoms with Crippen molar-refractivity contribution in [3.05, 3.63) is 0 Å². The minimum Gasteiger partial charge on any atom is -0.456 e. The van der Waals surface area contributed by atoms with E-state index >= 15 is 0 Å². The maximum absolute atomic E-state index is 11.2. The van der Waals surface area contributed by atoms with E-state index in [0.29, 0.717) is 6.61 Å². The van der Waals surface area contributed by atoms with Crippen LogP contribution >= 0.6 is 0 Å². The van der Waals surface area contributed by atoms with E-state index in [1.807, 2.05) is 0 Å². The number of carbonyl (C=O) groups is 1. The fraction of sp³-hybridized carbons (Fsp3) is 0.222. The molecule has 0 radical (unpaired) electrons. The number of ether oxygens (including phenoxy) is 1. The van der Waals surface area contributed by atoms with Crippen molar-refractivity contribution in [3.8, 4) is 118 Å². The molecule has 0 amide bonds. The van der Waals surface area contributed by atoms with Crippen LogP contribution < -0.4 is 0 Å². The second kappa shape index (κ2) is 21.1. The first-order valence-electron chi connectivity index (χ1n) is 8.40. The topological polar surface area (TPSA) is 26.3 Å². The molecule has 0 spiro atoms. The molecular formula is C27H14O2. The number of hydrogen-bond acceptors (Lipinski definition) is 2. The molecule has 0 unspecified atom stereocenters. The van der Waals surface area contributed by atoms with Crippen molar-refractivity contribution >= 4 is 5.97 Å². The number of unbranched alkanes of at least 4 members (excludes halogenated alkanes) is 2. The third kappa shape index (κ3) is 21.0. The van der Waals surface area contributed by atoms with E-state index in [1.54, 1.807) is 6.92 Å². The van der Waals surface area contributed by atoms with Crippen LogP contribution in [0.25, 0.3) is 0 Å². The second-order valence-corrected chi connectivity index (χ2v) is 4.47. The first kappa shape index (κ1) is 24.1. The van der Waals surface area contributed by atoms with Gasteiger partial charge in [0.05, 0.1) is 6.61 Å². The minimum absolute atomic E-state index is 0.376. The van der Waals surface area contributed by atoms with E-state index in [-0.39, 0.29) is 0 Å². The Morgan fingerprint density at radius 1 is 0.586 bits per heavy atom. The largest absolute Gasteiger partial charge is 0.456 e. The molecule has 0 saturated carbocycles. The third-order valence-electron chi connectivity index (χ3n) is 2.33. The maximum atomic E-state index is 11.2. The molecule has 0 N–H and O–H groups in total. The molecule has 2 heteroatoms. The van der Waals surface area contributed by atoms with E-state index in [0.717, 1.165) is 19.3 Å². The maximum Gasteiger partial charge on any atom is 0.385 e. The van der Waals surface area contributed by atoms with Crippen LogP contribution in [0.3, 0.4) is 0 Å². The summed E-state index contributed by atoms with van der Waals surface area (Å²) in [5.41, 5.74) is 0. The zero-order valence-electron chi connectivity index (χ0n) is 16.1. The summed E-state index contributed by atoms with van der Waals surface area (Å²) in [6.07, 6.45) is 2.91. The van der Waals surface area contributed by atoms with E-state index in [9.17, 15) is 4.79 Å². The molecule has 0 atom stereocenters. The predicted octanol–water partition coefficient (Wildman–Crippen LogP) is 1.77. The molecule has 134 valence electrons. The van der Waals surface area contributed by atoms with Gasteiger partial charge in [0.25, 0.3) is 0 Å². The fourth-order valence-electron chi connectivity index (χ4n) is 1.20. The summed E-state index contributed by atoms with van der Waals surface area (Å²) in [7, 11) is 0. The van der Waals surface area contributed by atoms with Gasteiger partial charge in [-0.25, -0.2) is 4.79 Å². The van der Waals surface area contributed by atoms with Crippen molar-refractivity contribution in [2.45, 2.75) is 33.1 Å². The minimum atomic E-state index is -0.591. The Bertz CT molecular complexity index is 1210. The quantitative estimate of drug-likeness (QED) is 0.326. The molecule has 0 aliphatic heterocycles. The zero-order valence-corrected chi connectivity index (χ0v) is 16.1. The van der Waals surface area contributed by atoms with Crippen LogP contribution in [0.15, 0.2) is 0 Å². The number of carbonyl (C=O) groups excluding carboxylic acids is 1. The molecule has 0 aliphatic rings. The van der Waals surface area contributed by atoms with Crippen molar-refractivity contribution in [3.63, 3.8) is 0 Å². The van der Waals surface area contributed by atoms with Crippen LogP contribution in [0.4, 0.5) is 0 Å². The highest BCUT2D eigenvalue weighted by atomic mass is 16.5. The van der Waals surface area contributed by atoms with Crippen LogP contribution in [0.1, 0.15) is 33.1 Å². The summed E-state index contributed by atoms with van der Waals surface area (Å²) in [6, 6.07) is 0. The third-order valence-corrected chi connectivity index (χ3v) is 2.33. The molecule has 0 bridgehead atoms.